The second-order valence-electron chi connectivity index (χ2n) is 3.01. The topological polar surface area (TPSA) is 21.7 Å². The Morgan fingerprint density at radius 2 is 1.79 bits per heavy atom. The normalized spacial score (nSPS) is 11.6. The highest BCUT2D eigenvalue weighted by molar-refractivity contribution is 6.35. The van der Waals surface area contributed by atoms with Gasteiger partial charge in [0.1, 0.15) is 0 Å². The summed E-state index contributed by atoms with van der Waals surface area (Å²) >= 11 is 0. The smallest absolute Gasteiger partial charge is 0.0601 e. The number of benzene rings is 1. The van der Waals surface area contributed by atoms with E-state index in [1.807, 2.05) is 6.07 Å². The molecular weight excluding hydrogens is 194 g/mol. The molecule has 0 unspecified atom stereocenters. The van der Waals surface area contributed by atoms with E-state index in [4.69, 9.17) is 9.68 Å². The summed E-state index contributed by atoms with van der Waals surface area (Å²) in [5.74, 6) is 0. The van der Waals surface area contributed by atoms with Gasteiger partial charge < -0.3 is 0 Å². The van der Waals surface area contributed by atoms with Crippen molar-refractivity contribution in [2.45, 2.75) is 6.04 Å². The first-order valence-corrected chi connectivity index (χ1v) is 6.76. The zero-order valence-corrected chi connectivity index (χ0v) is 10.2. The monoisotopic (exact) mass is 211 g/mol. The molecule has 1 rings (SSSR count). The average Bonchev–Trinajstić information content (AvgIpc) is 2.26. The molecule has 0 heterocycles. The number of hydrogen-bond acceptors (Lipinski definition) is 3. The molecule has 0 atom stereocenters. The fourth-order valence-corrected chi connectivity index (χ4v) is 2.84. The van der Waals surface area contributed by atoms with Crippen molar-refractivity contribution in [2.75, 3.05) is 20.4 Å². The molecule has 78 valence electrons. The van der Waals surface area contributed by atoms with Gasteiger partial charge in [0.15, 0.2) is 0 Å². The van der Waals surface area contributed by atoms with Gasteiger partial charge in [0.05, 0.1) is 14.2 Å². The van der Waals surface area contributed by atoms with Crippen LogP contribution in [0.4, 0.5) is 0 Å². The lowest BCUT2D eigenvalue weighted by Crippen LogP contribution is -2.27. The largest absolute Gasteiger partial charge is 0.278 e. The number of hydroxylamine groups is 2. The average molecular weight is 211 g/mol. The van der Waals surface area contributed by atoms with Crippen LogP contribution in [-0.4, -0.2) is 35.1 Å². The van der Waals surface area contributed by atoms with Gasteiger partial charge in [-0.25, -0.2) is 0 Å². The standard InChI is InChI=1S/C10H17NO2Si/c1-12-11(13-2)9-14-8-10-6-4-3-5-7-10/h3-7H,8-9,14H2,1-2H3. The van der Waals surface area contributed by atoms with Gasteiger partial charge in [-0.15, -0.1) is 0 Å². The molecular formula is C10H17NO2Si. The van der Waals surface area contributed by atoms with E-state index < -0.39 is 0 Å². The summed E-state index contributed by atoms with van der Waals surface area (Å²) in [6, 6.07) is 11.7. The highest BCUT2D eigenvalue weighted by Gasteiger charge is 2.01. The van der Waals surface area contributed by atoms with Gasteiger partial charge in [-0.05, 0) is 6.04 Å². The predicted octanol–water partition coefficient (Wildman–Crippen LogP) is 0.738. The first kappa shape index (κ1) is 11.4. The Balaban J connectivity index is 2.21. The maximum absolute atomic E-state index is 4.98. The molecule has 0 aliphatic heterocycles. The molecule has 3 nitrogen and oxygen atoms in total. The van der Waals surface area contributed by atoms with Crippen molar-refractivity contribution in [1.29, 1.82) is 0 Å². The summed E-state index contributed by atoms with van der Waals surface area (Å²) < 4.78 is 0. The van der Waals surface area contributed by atoms with Crippen LogP contribution in [0.1, 0.15) is 5.56 Å². The minimum atomic E-state index is -0.180. The Morgan fingerprint density at radius 1 is 1.14 bits per heavy atom. The maximum atomic E-state index is 4.98. The van der Waals surface area contributed by atoms with Crippen LogP contribution in [-0.2, 0) is 15.7 Å². The molecule has 1 aromatic rings. The fraction of sp³-hybridized carbons (Fsp3) is 0.400. The quantitative estimate of drug-likeness (QED) is 0.512. The van der Waals surface area contributed by atoms with Crippen molar-refractivity contribution in [2.24, 2.45) is 0 Å². The molecule has 0 aromatic heterocycles. The maximum Gasteiger partial charge on any atom is 0.0601 e. The van der Waals surface area contributed by atoms with Gasteiger partial charge in [-0.3, -0.25) is 9.68 Å². The first-order chi connectivity index (χ1) is 6.86. The van der Waals surface area contributed by atoms with E-state index >= 15 is 0 Å². The first-order valence-electron chi connectivity index (χ1n) is 4.76. The van der Waals surface area contributed by atoms with Crippen molar-refractivity contribution >= 4 is 9.52 Å². The Labute approximate surface area is 87.4 Å². The molecule has 0 saturated heterocycles. The molecule has 0 aliphatic rings. The zero-order valence-electron chi connectivity index (χ0n) is 8.77. The van der Waals surface area contributed by atoms with Crippen LogP contribution in [0.5, 0.6) is 0 Å². The molecule has 4 heteroatoms. The van der Waals surface area contributed by atoms with Crippen LogP contribution in [0.3, 0.4) is 0 Å². The zero-order chi connectivity index (χ0) is 10.2. The van der Waals surface area contributed by atoms with Crippen molar-refractivity contribution in [3.05, 3.63) is 35.9 Å². The van der Waals surface area contributed by atoms with Crippen molar-refractivity contribution < 1.29 is 9.68 Å². The van der Waals surface area contributed by atoms with Gasteiger partial charge in [-0.1, -0.05) is 41.1 Å². The van der Waals surface area contributed by atoms with Crippen LogP contribution >= 0.6 is 0 Å². The van der Waals surface area contributed by atoms with Gasteiger partial charge in [0.25, 0.3) is 0 Å². The molecule has 1 aromatic carbocycles. The Kier molecular flexibility index (Phi) is 5.47. The third-order valence-corrected chi connectivity index (χ3v) is 3.67. The molecule has 0 spiro atoms. The summed E-state index contributed by atoms with van der Waals surface area (Å²) in [5.41, 5.74) is 1.41. The molecule has 0 saturated carbocycles. The van der Waals surface area contributed by atoms with E-state index in [9.17, 15) is 0 Å². The lowest BCUT2D eigenvalue weighted by Gasteiger charge is -2.15. The minimum Gasteiger partial charge on any atom is -0.278 e. The summed E-state index contributed by atoms with van der Waals surface area (Å²) in [6.07, 6.45) is 0.919. The fourth-order valence-electron chi connectivity index (χ4n) is 1.31. The summed E-state index contributed by atoms with van der Waals surface area (Å²) in [5, 5.41) is 1.54. The number of nitrogens with zero attached hydrogens (tertiary/aromatic N) is 1. The molecule has 0 aliphatic carbocycles. The summed E-state index contributed by atoms with van der Waals surface area (Å²) in [6.45, 7) is 0. The summed E-state index contributed by atoms with van der Waals surface area (Å²) in [7, 11) is 3.07. The molecule has 14 heavy (non-hydrogen) atoms. The SMILES string of the molecule is CON(C[SiH2]Cc1ccccc1)OC. The third-order valence-electron chi connectivity index (χ3n) is 2.06. The number of hydrogen-bond donors (Lipinski definition) is 0. The number of rotatable bonds is 6. The Morgan fingerprint density at radius 3 is 2.36 bits per heavy atom. The lowest BCUT2D eigenvalue weighted by atomic mass is 10.2. The second-order valence-corrected chi connectivity index (χ2v) is 4.66. The van der Waals surface area contributed by atoms with Crippen LogP contribution in [0.25, 0.3) is 0 Å². The van der Waals surface area contributed by atoms with E-state index in [-0.39, 0.29) is 9.52 Å². The Hall–Kier alpha value is -0.683. The van der Waals surface area contributed by atoms with Crippen LogP contribution in [0.15, 0.2) is 30.3 Å². The van der Waals surface area contributed by atoms with Gasteiger partial charge in [0, 0.05) is 15.7 Å². The van der Waals surface area contributed by atoms with E-state index in [1.165, 1.54) is 16.8 Å². The molecule has 0 fully saturated rings. The van der Waals surface area contributed by atoms with Crippen molar-refractivity contribution in [1.82, 2.24) is 5.23 Å². The molecule has 0 radical (unpaired) electrons. The van der Waals surface area contributed by atoms with Crippen LogP contribution in [0.2, 0.25) is 0 Å². The second kappa shape index (κ2) is 6.72. The minimum absolute atomic E-state index is 0.180. The lowest BCUT2D eigenvalue weighted by molar-refractivity contribution is -0.332. The predicted molar refractivity (Wildman–Crippen MR) is 59.4 cm³/mol. The highest BCUT2D eigenvalue weighted by atomic mass is 28.2. The van der Waals surface area contributed by atoms with Gasteiger partial charge >= 0.3 is 0 Å². The van der Waals surface area contributed by atoms with Crippen molar-refractivity contribution in [3.63, 3.8) is 0 Å². The Bertz CT molecular complexity index is 239. The van der Waals surface area contributed by atoms with E-state index in [0.29, 0.717) is 0 Å². The van der Waals surface area contributed by atoms with Gasteiger partial charge in [0.2, 0.25) is 0 Å². The van der Waals surface area contributed by atoms with Crippen LogP contribution < -0.4 is 0 Å². The molecule has 0 N–H and O–H groups in total. The third kappa shape index (κ3) is 4.02. The van der Waals surface area contributed by atoms with E-state index in [2.05, 4.69) is 24.3 Å². The van der Waals surface area contributed by atoms with Crippen molar-refractivity contribution in [3.8, 4) is 0 Å². The summed E-state index contributed by atoms with van der Waals surface area (Å²) in [4.78, 5) is 9.97. The molecule has 0 amide bonds. The highest BCUT2D eigenvalue weighted by Crippen LogP contribution is 1.98. The molecule has 0 bridgehead atoms. The van der Waals surface area contributed by atoms with E-state index in [1.54, 1.807) is 14.2 Å². The van der Waals surface area contributed by atoms with E-state index in [0.717, 1.165) is 6.17 Å². The van der Waals surface area contributed by atoms with Gasteiger partial charge in [-0.2, -0.15) is 0 Å². The van der Waals surface area contributed by atoms with Crippen LogP contribution in [0, 0.1) is 0 Å².